The van der Waals surface area contributed by atoms with E-state index in [1.54, 1.807) is 0 Å². The fourth-order valence-electron chi connectivity index (χ4n) is 2.30. The Labute approximate surface area is 145 Å². The monoisotopic (exact) mass is 368 g/mol. The maximum absolute atomic E-state index is 13.1. The Kier molecular flexibility index (Phi) is 5.86. The zero-order chi connectivity index (χ0) is 18.6. The fraction of sp³-hybridized carbons (Fsp3) is 0.235. The molecule has 0 fully saturated rings. The number of nitrogens with one attached hydrogen (secondary N) is 1. The van der Waals surface area contributed by atoms with E-state index < -0.39 is 27.7 Å². The van der Waals surface area contributed by atoms with Crippen LogP contribution in [-0.2, 0) is 14.8 Å². The molecule has 2 aromatic rings. The van der Waals surface area contributed by atoms with Gasteiger partial charge in [-0.25, -0.2) is 21.9 Å². The summed E-state index contributed by atoms with van der Waals surface area (Å²) in [5.74, 6) is -1.26. The molecule has 1 N–H and O–H groups in total. The third-order valence-corrected chi connectivity index (χ3v) is 4.31. The Bertz CT molecular complexity index is 837. The van der Waals surface area contributed by atoms with Crippen molar-refractivity contribution < 1.29 is 22.0 Å². The summed E-state index contributed by atoms with van der Waals surface area (Å²) in [5, 5.41) is 0. The van der Waals surface area contributed by atoms with Crippen LogP contribution in [0.5, 0.6) is 0 Å². The molecule has 0 saturated heterocycles. The minimum atomic E-state index is -3.59. The molecule has 2 rings (SSSR count). The summed E-state index contributed by atoms with van der Waals surface area (Å²) in [5.41, 5.74) is 0.941. The standard InChI is InChI=1S/C17H18F2N2O3S/c1-21(15-9-7-14(19)8-10-15)17(22)11-16(20-25(2,23)24)12-3-5-13(18)6-4-12/h3-10,16,20H,11H2,1-2H3/t16-/m1/s1. The third-order valence-electron chi connectivity index (χ3n) is 3.60. The first-order valence-electron chi connectivity index (χ1n) is 7.40. The predicted molar refractivity (Wildman–Crippen MR) is 91.5 cm³/mol. The van der Waals surface area contributed by atoms with E-state index in [2.05, 4.69) is 4.72 Å². The van der Waals surface area contributed by atoms with Crippen LogP contribution in [0.2, 0.25) is 0 Å². The Morgan fingerprint density at radius 3 is 2.00 bits per heavy atom. The maximum Gasteiger partial charge on any atom is 0.228 e. The van der Waals surface area contributed by atoms with Gasteiger partial charge in [0.1, 0.15) is 11.6 Å². The molecule has 0 aliphatic heterocycles. The number of rotatable bonds is 6. The van der Waals surface area contributed by atoms with Gasteiger partial charge in [0.15, 0.2) is 0 Å². The molecular weight excluding hydrogens is 350 g/mol. The average Bonchev–Trinajstić information content (AvgIpc) is 2.53. The highest BCUT2D eigenvalue weighted by Gasteiger charge is 2.22. The van der Waals surface area contributed by atoms with Gasteiger partial charge in [0, 0.05) is 19.2 Å². The summed E-state index contributed by atoms with van der Waals surface area (Å²) in [6.07, 6.45) is 0.810. The highest BCUT2D eigenvalue weighted by Crippen LogP contribution is 2.21. The van der Waals surface area contributed by atoms with Crippen LogP contribution < -0.4 is 9.62 Å². The minimum Gasteiger partial charge on any atom is -0.315 e. The summed E-state index contributed by atoms with van der Waals surface area (Å²) in [6, 6.07) is 9.74. The fourth-order valence-corrected chi connectivity index (χ4v) is 3.04. The molecule has 0 aliphatic carbocycles. The summed E-state index contributed by atoms with van der Waals surface area (Å²) in [7, 11) is -2.08. The molecule has 0 aliphatic rings. The number of hydrogen-bond donors (Lipinski definition) is 1. The van der Waals surface area contributed by atoms with Gasteiger partial charge < -0.3 is 4.90 Å². The second kappa shape index (κ2) is 7.71. The van der Waals surface area contributed by atoms with Gasteiger partial charge in [0.25, 0.3) is 0 Å². The summed E-state index contributed by atoms with van der Waals surface area (Å²) in [6.45, 7) is 0. The van der Waals surface area contributed by atoms with E-state index in [1.807, 2.05) is 0 Å². The Morgan fingerprint density at radius 2 is 1.52 bits per heavy atom. The molecule has 8 heteroatoms. The lowest BCUT2D eigenvalue weighted by Gasteiger charge is -2.22. The third kappa shape index (κ3) is 5.61. The van der Waals surface area contributed by atoms with Crippen molar-refractivity contribution in [3.05, 3.63) is 65.7 Å². The molecule has 0 bridgehead atoms. The van der Waals surface area contributed by atoms with E-state index in [0.29, 0.717) is 11.3 Å². The van der Waals surface area contributed by atoms with E-state index in [-0.39, 0.29) is 12.3 Å². The Balaban J connectivity index is 2.21. The lowest BCUT2D eigenvalue weighted by atomic mass is 10.0. The second-order valence-corrected chi connectivity index (χ2v) is 7.41. The van der Waals surface area contributed by atoms with E-state index in [0.717, 1.165) is 6.26 Å². The molecule has 0 saturated carbocycles. The van der Waals surface area contributed by atoms with Gasteiger partial charge in [-0.15, -0.1) is 0 Å². The number of nitrogens with zero attached hydrogens (tertiary/aromatic N) is 1. The first-order chi connectivity index (χ1) is 11.7. The van der Waals surface area contributed by atoms with Crippen LogP contribution >= 0.6 is 0 Å². The van der Waals surface area contributed by atoms with Crippen molar-refractivity contribution in [3.8, 4) is 0 Å². The SMILES string of the molecule is CN(C(=O)C[C@@H](NS(C)(=O)=O)c1ccc(F)cc1)c1ccc(F)cc1. The van der Waals surface area contributed by atoms with Crippen molar-refractivity contribution in [2.24, 2.45) is 0 Å². The van der Waals surface area contributed by atoms with Gasteiger partial charge in [-0.05, 0) is 42.0 Å². The number of halogens is 2. The normalized spacial score (nSPS) is 12.6. The van der Waals surface area contributed by atoms with Crippen molar-refractivity contribution in [3.63, 3.8) is 0 Å². The van der Waals surface area contributed by atoms with Gasteiger partial charge in [0.05, 0.1) is 12.3 Å². The topological polar surface area (TPSA) is 66.5 Å². The maximum atomic E-state index is 13.1. The molecule has 0 radical (unpaired) electrons. The molecule has 134 valence electrons. The number of anilines is 1. The van der Waals surface area contributed by atoms with Gasteiger partial charge in [0.2, 0.25) is 15.9 Å². The molecule has 1 atom stereocenters. The van der Waals surface area contributed by atoms with Crippen LogP contribution in [0, 0.1) is 11.6 Å². The molecule has 0 heterocycles. The van der Waals surface area contributed by atoms with E-state index in [9.17, 15) is 22.0 Å². The second-order valence-electron chi connectivity index (χ2n) is 5.63. The number of hydrogen-bond acceptors (Lipinski definition) is 3. The Morgan fingerprint density at radius 1 is 1.04 bits per heavy atom. The van der Waals surface area contributed by atoms with Gasteiger partial charge >= 0.3 is 0 Å². The quantitative estimate of drug-likeness (QED) is 0.852. The van der Waals surface area contributed by atoms with Gasteiger partial charge in [-0.2, -0.15) is 0 Å². The number of carbonyl (C=O) groups is 1. The van der Waals surface area contributed by atoms with Crippen molar-refractivity contribution in [2.45, 2.75) is 12.5 Å². The van der Waals surface area contributed by atoms with Crippen molar-refractivity contribution in [1.82, 2.24) is 4.72 Å². The lowest BCUT2D eigenvalue weighted by Crippen LogP contribution is -2.34. The van der Waals surface area contributed by atoms with Crippen molar-refractivity contribution in [2.75, 3.05) is 18.2 Å². The summed E-state index contributed by atoms with van der Waals surface area (Å²) >= 11 is 0. The molecule has 0 aromatic heterocycles. The van der Waals surface area contributed by atoms with E-state index in [1.165, 1.54) is 60.5 Å². The lowest BCUT2D eigenvalue weighted by molar-refractivity contribution is -0.118. The molecule has 5 nitrogen and oxygen atoms in total. The van der Waals surface area contributed by atoms with Gasteiger partial charge in [-0.3, -0.25) is 4.79 Å². The minimum absolute atomic E-state index is 0.174. The first kappa shape index (κ1) is 19.0. The van der Waals surface area contributed by atoms with E-state index >= 15 is 0 Å². The molecule has 0 unspecified atom stereocenters. The molecule has 25 heavy (non-hydrogen) atoms. The number of carbonyl (C=O) groups excluding carboxylic acids is 1. The molecular formula is C17H18F2N2O3S. The zero-order valence-electron chi connectivity index (χ0n) is 13.7. The van der Waals surface area contributed by atoms with Crippen molar-refractivity contribution in [1.29, 1.82) is 0 Å². The first-order valence-corrected chi connectivity index (χ1v) is 9.30. The van der Waals surface area contributed by atoms with Crippen LogP contribution in [0.1, 0.15) is 18.0 Å². The number of amides is 1. The summed E-state index contributed by atoms with van der Waals surface area (Å²) in [4.78, 5) is 13.8. The van der Waals surface area contributed by atoms with Crippen LogP contribution in [0.3, 0.4) is 0 Å². The molecule has 0 spiro atoms. The number of sulfonamides is 1. The average molecular weight is 368 g/mol. The van der Waals surface area contributed by atoms with Crippen LogP contribution in [0.4, 0.5) is 14.5 Å². The van der Waals surface area contributed by atoms with E-state index in [4.69, 9.17) is 0 Å². The Hall–Kier alpha value is -2.32. The highest BCUT2D eigenvalue weighted by molar-refractivity contribution is 7.88. The van der Waals surface area contributed by atoms with Crippen LogP contribution in [0.25, 0.3) is 0 Å². The highest BCUT2D eigenvalue weighted by atomic mass is 32.2. The zero-order valence-corrected chi connectivity index (χ0v) is 14.6. The molecule has 2 aromatic carbocycles. The molecule has 1 amide bonds. The smallest absolute Gasteiger partial charge is 0.228 e. The van der Waals surface area contributed by atoms with Crippen molar-refractivity contribution >= 4 is 21.6 Å². The largest absolute Gasteiger partial charge is 0.315 e. The number of benzene rings is 2. The predicted octanol–water partition coefficient (Wildman–Crippen LogP) is 2.61. The van der Waals surface area contributed by atoms with Crippen LogP contribution in [-0.4, -0.2) is 27.6 Å². The van der Waals surface area contributed by atoms with Crippen LogP contribution in [0.15, 0.2) is 48.5 Å². The van der Waals surface area contributed by atoms with Gasteiger partial charge in [-0.1, -0.05) is 12.1 Å². The summed E-state index contributed by atoms with van der Waals surface area (Å²) < 4.78 is 51.6.